The topological polar surface area (TPSA) is 84.7 Å². The van der Waals surface area contributed by atoms with Gasteiger partial charge in [-0.25, -0.2) is 4.79 Å². The van der Waals surface area contributed by atoms with Gasteiger partial charge in [-0.2, -0.15) is 0 Å². The summed E-state index contributed by atoms with van der Waals surface area (Å²) in [6.07, 6.45) is 4.31. The quantitative estimate of drug-likeness (QED) is 0.641. The predicted molar refractivity (Wildman–Crippen MR) is 118 cm³/mol. The van der Waals surface area contributed by atoms with Crippen LogP contribution in [-0.4, -0.2) is 42.8 Å². The molecule has 1 atom stereocenters. The molecule has 3 N–H and O–H groups in total. The van der Waals surface area contributed by atoms with Crippen molar-refractivity contribution in [2.75, 3.05) is 19.6 Å². The van der Waals surface area contributed by atoms with E-state index >= 15 is 0 Å². The molecule has 2 aromatic rings. The number of likely N-dealkylation sites (tertiary alicyclic amines) is 1. The highest BCUT2D eigenvalue weighted by Crippen LogP contribution is 2.23. The van der Waals surface area contributed by atoms with Crippen LogP contribution in [0.3, 0.4) is 0 Å². The average Bonchev–Trinajstić information content (AvgIpc) is 2.79. The number of hydrogen-bond donors (Lipinski definition) is 2. The molecular weight excluding hydrogens is 378 g/mol. The molecule has 0 bridgehead atoms. The lowest BCUT2D eigenvalue weighted by Crippen LogP contribution is -2.47. The summed E-state index contributed by atoms with van der Waals surface area (Å²) in [6, 6.07) is 17.6. The first-order valence-corrected chi connectivity index (χ1v) is 10.8. The second kappa shape index (κ2) is 11.4. The van der Waals surface area contributed by atoms with Crippen LogP contribution in [0.15, 0.2) is 54.6 Å². The van der Waals surface area contributed by atoms with Gasteiger partial charge in [-0.05, 0) is 55.5 Å². The Morgan fingerprint density at radius 1 is 0.967 bits per heavy atom. The Bertz CT molecular complexity index is 808. The number of unbranched alkanes of at least 4 members (excludes halogenated alkanes) is 2. The van der Waals surface area contributed by atoms with E-state index in [1.807, 2.05) is 54.6 Å². The zero-order chi connectivity index (χ0) is 21.2. The van der Waals surface area contributed by atoms with Crippen molar-refractivity contribution in [2.24, 2.45) is 5.73 Å². The first-order valence-electron chi connectivity index (χ1n) is 10.8. The summed E-state index contributed by atoms with van der Waals surface area (Å²) in [5, 5.41) is 2.77. The molecule has 30 heavy (non-hydrogen) atoms. The summed E-state index contributed by atoms with van der Waals surface area (Å²) >= 11 is 0. The number of alkyl carbamates (subject to hydrolysis) is 1. The molecule has 0 aliphatic carbocycles. The molecule has 0 unspecified atom stereocenters. The van der Waals surface area contributed by atoms with Crippen LogP contribution in [0.2, 0.25) is 0 Å². The van der Waals surface area contributed by atoms with E-state index in [9.17, 15) is 9.59 Å². The van der Waals surface area contributed by atoms with E-state index in [0.717, 1.165) is 43.2 Å². The first-order chi connectivity index (χ1) is 14.7. The van der Waals surface area contributed by atoms with E-state index in [2.05, 4.69) is 5.32 Å². The van der Waals surface area contributed by atoms with E-state index in [1.54, 1.807) is 4.90 Å². The molecule has 1 heterocycles. The minimum atomic E-state index is -0.524. The van der Waals surface area contributed by atoms with Crippen LogP contribution in [0.5, 0.6) is 0 Å². The number of rotatable bonds is 8. The molecule has 3 rings (SSSR count). The molecule has 0 saturated carbocycles. The highest BCUT2D eigenvalue weighted by molar-refractivity contribution is 5.95. The third-order valence-electron chi connectivity index (χ3n) is 5.34. The summed E-state index contributed by atoms with van der Waals surface area (Å²) < 4.78 is 5.58. The van der Waals surface area contributed by atoms with Gasteiger partial charge in [0.05, 0.1) is 0 Å². The molecular formula is C24H31N3O3. The number of carbonyl (C=O) groups excluding carboxylic acids is 2. The molecule has 6 nitrogen and oxygen atoms in total. The first kappa shape index (κ1) is 21.8. The maximum Gasteiger partial charge on any atom is 0.409 e. The fourth-order valence-electron chi connectivity index (χ4n) is 3.66. The number of amides is 2. The fourth-order valence-corrected chi connectivity index (χ4v) is 3.66. The van der Waals surface area contributed by atoms with E-state index in [1.165, 1.54) is 0 Å². The number of nitrogens with one attached hydrogen (secondary N) is 1. The van der Waals surface area contributed by atoms with Gasteiger partial charge in [0.25, 0.3) is 5.91 Å². The maximum atomic E-state index is 13.1. The molecule has 2 amide bonds. The number of nitrogens with zero attached hydrogens (tertiary/aromatic N) is 1. The monoisotopic (exact) mass is 409 g/mol. The lowest BCUT2D eigenvalue weighted by atomic mass is 10.0. The Morgan fingerprint density at radius 2 is 1.70 bits per heavy atom. The second-order valence-corrected chi connectivity index (χ2v) is 7.57. The van der Waals surface area contributed by atoms with Crippen molar-refractivity contribution in [1.29, 1.82) is 0 Å². The van der Waals surface area contributed by atoms with Gasteiger partial charge in [0.15, 0.2) is 6.23 Å². The fraction of sp³-hybridized carbons (Fsp3) is 0.417. The Kier molecular flexibility index (Phi) is 8.27. The zero-order valence-electron chi connectivity index (χ0n) is 17.4. The number of benzene rings is 2. The molecule has 0 spiro atoms. The lowest BCUT2D eigenvalue weighted by Gasteiger charge is -2.35. The van der Waals surface area contributed by atoms with E-state index in [4.69, 9.17) is 10.5 Å². The molecule has 1 aliphatic rings. The summed E-state index contributed by atoms with van der Waals surface area (Å²) in [4.78, 5) is 26.9. The Morgan fingerprint density at radius 3 is 2.43 bits per heavy atom. The Balaban J connectivity index is 1.58. The van der Waals surface area contributed by atoms with Crippen molar-refractivity contribution in [3.05, 3.63) is 60.2 Å². The standard InChI is InChI=1S/C24H31N3O3/c25-16-6-2-7-17-26-24(29)30-22-11-5-8-18-27(22)23(28)21-14-12-20(13-15-21)19-9-3-1-4-10-19/h1,3-4,9-10,12-15,22H,2,5-8,11,16-18,25H2,(H,26,29)/t22-/m1/s1. The van der Waals surface area contributed by atoms with Crippen LogP contribution in [0.4, 0.5) is 4.79 Å². The summed E-state index contributed by atoms with van der Waals surface area (Å²) in [5.41, 5.74) is 8.25. The summed E-state index contributed by atoms with van der Waals surface area (Å²) in [6.45, 7) is 1.81. The Hall–Kier alpha value is -2.86. The molecule has 1 saturated heterocycles. The van der Waals surface area contributed by atoms with Gasteiger partial charge in [0, 0.05) is 25.1 Å². The molecule has 0 aromatic heterocycles. The van der Waals surface area contributed by atoms with Gasteiger partial charge in [-0.15, -0.1) is 0 Å². The number of ether oxygens (including phenoxy) is 1. The molecule has 1 aliphatic heterocycles. The smallest absolute Gasteiger partial charge is 0.409 e. The molecule has 160 valence electrons. The van der Waals surface area contributed by atoms with E-state index < -0.39 is 12.3 Å². The van der Waals surface area contributed by atoms with Gasteiger partial charge in [0.2, 0.25) is 0 Å². The highest BCUT2D eigenvalue weighted by Gasteiger charge is 2.30. The van der Waals surface area contributed by atoms with E-state index in [0.29, 0.717) is 31.6 Å². The third kappa shape index (κ3) is 6.07. The van der Waals surface area contributed by atoms with Crippen LogP contribution in [-0.2, 0) is 4.74 Å². The number of hydrogen-bond acceptors (Lipinski definition) is 4. The third-order valence-corrected chi connectivity index (χ3v) is 5.34. The van der Waals surface area contributed by atoms with Crippen molar-refractivity contribution < 1.29 is 14.3 Å². The van der Waals surface area contributed by atoms with Gasteiger partial charge >= 0.3 is 6.09 Å². The van der Waals surface area contributed by atoms with Gasteiger partial charge < -0.3 is 20.7 Å². The number of nitrogens with two attached hydrogens (primary N) is 1. The van der Waals surface area contributed by atoms with Gasteiger partial charge in [0.1, 0.15) is 0 Å². The Labute approximate surface area is 178 Å². The van der Waals surface area contributed by atoms with Crippen molar-refractivity contribution in [2.45, 2.75) is 44.8 Å². The second-order valence-electron chi connectivity index (χ2n) is 7.57. The SMILES string of the molecule is NCCCCCNC(=O)O[C@@H]1CCCCN1C(=O)c1ccc(-c2ccccc2)cc1. The predicted octanol–water partition coefficient (Wildman–Crippen LogP) is 4.16. The minimum Gasteiger partial charge on any atom is -0.425 e. The number of carbonyl (C=O) groups is 2. The minimum absolute atomic E-state index is 0.102. The van der Waals surface area contributed by atoms with Crippen LogP contribution in [0.1, 0.15) is 48.9 Å². The van der Waals surface area contributed by atoms with Crippen LogP contribution in [0, 0.1) is 0 Å². The lowest BCUT2D eigenvalue weighted by molar-refractivity contribution is -0.0237. The normalized spacial score (nSPS) is 16.2. The van der Waals surface area contributed by atoms with Crippen molar-refractivity contribution in [3.8, 4) is 11.1 Å². The summed E-state index contributed by atoms with van der Waals surface area (Å²) in [7, 11) is 0. The summed E-state index contributed by atoms with van der Waals surface area (Å²) in [5.74, 6) is -0.102. The van der Waals surface area contributed by atoms with E-state index in [-0.39, 0.29) is 5.91 Å². The molecule has 2 aromatic carbocycles. The van der Waals surface area contributed by atoms with Crippen molar-refractivity contribution in [3.63, 3.8) is 0 Å². The van der Waals surface area contributed by atoms with Crippen LogP contribution in [0.25, 0.3) is 11.1 Å². The largest absolute Gasteiger partial charge is 0.425 e. The molecule has 1 fully saturated rings. The van der Waals surface area contributed by atoms with Crippen molar-refractivity contribution in [1.82, 2.24) is 10.2 Å². The zero-order valence-corrected chi connectivity index (χ0v) is 17.4. The number of piperidine rings is 1. The van der Waals surface area contributed by atoms with Crippen molar-refractivity contribution >= 4 is 12.0 Å². The molecule has 6 heteroatoms. The van der Waals surface area contributed by atoms with Crippen LogP contribution >= 0.6 is 0 Å². The maximum absolute atomic E-state index is 13.1. The highest BCUT2D eigenvalue weighted by atomic mass is 16.6. The van der Waals surface area contributed by atoms with Gasteiger partial charge in [-0.1, -0.05) is 48.9 Å². The average molecular weight is 410 g/mol. The van der Waals surface area contributed by atoms with Gasteiger partial charge in [-0.3, -0.25) is 4.79 Å². The van der Waals surface area contributed by atoms with Crippen LogP contribution < -0.4 is 11.1 Å². The molecule has 0 radical (unpaired) electrons.